The summed E-state index contributed by atoms with van der Waals surface area (Å²) >= 11 is 0. The second-order valence-electron chi connectivity index (χ2n) is 5.05. The zero-order valence-corrected chi connectivity index (χ0v) is 12.9. The largest absolute Gasteiger partial charge is 0.417 e. The number of carbonyl (C=O) groups excluding carboxylic acids is 1. The lowest BCUT2D eigenvalue weighted by atomic mass is 9.95. The van der Waals surface area contributed by atoms with Crippen molar-refractivity contribution in [3.8, 4) is 6.07 Å². The fourth-order valence-corrected chi connectivity index (χ4v) is 2.26. The first kappa shape index (κ1) is 18.0. The lowest BCUT2D eigenvalue weighted by molar-refractivity contribution is -0.114. The molecule has 0 aliphatic carbocycles. The summed E-state index contributed by atoms with van der Waals surface area (Å²) < 4.78 is 40.7. The Morgan fingerprint density at radius 2 is 1.44 bits per heavy atom. The van der Waals surface area contributed by atoms with Crippen molar-refractivity contribution in [2.45, 2.75) is 6.18 Å². The number of allylic oxidation sites excluding steroid dienone is 3. The van der Waals surface area contributed by atoms with Gasteiger partial charge in [0.2, 0.25) is 0 Å². The number of nitrogens with two attached hydrogens (primary N) is 1. The molecule has 25 heavy (non-hydrogen) atoms. The fraction of sp³-hybridized carbons (Fsp3) is 0.0526. The molecule has 0 saturated heterocycles. The van der Waals surface area contributed by atoms with Gasteiger partial charge in [-0.05, 0) is 17.2 Å². The van der Waals surface area contributed by atoms with Gasteiger partial charge in [0.15, 0.2) is 0 Å². The summed E-state index contributed by atoms with van der Waals surface area (Å²) in [6, 6.07) is 16.6. The molecule has 0 fully saturated rings. The van der Waals surface area contributed by atoms with Crippen LogP contribution in [0.25, 0.3) is 11.1 Å². The van der Waals surface area contributed by atoms with Crippen molar-refractivity contribution in [3.63, 3.8) is 0 Å². The third-order valence-electron chi connectivity index (χ3n) is 3.39. The van der Waals surface area contributed by atoms with E-state index in [1.165, 1.54) is 36.4 Å². The van der Waals surface area contributed by atoms with Gasteiger partial charge in [-0.3, -0.25) is 4.79 Å². The second kappa shape index (κ2) is 7.49. The van der Waals surface area contributed by atoms with Crippen LogP contribution in [0.5, 0.6) is 0 Å². The summed E-state index contributed by atoms with van der Waals surface area (Å²) in [5.74, 6) is -1.09. The van der Waals surface area contributed by atoms with E-state index in [0.29, 0.717) is 0 Å². The summed E-state index contributed by atoms with van der Waals surface area (Å²) in [5, 5.41) is 9.20. The van der Waals surface area contributed by atoms with Crippen LogP contribution >= 0.6 is 0 Å². The molecule has 0 saturated carbocycles. The predicted molar refractivity (Wildman–Crippen MR) is 88.6 cm³/mol. The van der Waals surface area contributed by atoms with E-state index in [4.69, 9.17) is 5.73 Å². The molecule has 2 rings (SSSR count). The average Bonchev–Trinajstić information content (AvgIpc) is 2.58. The summed E-state index contributed by atoms with van der Waals surface area (Å²) in [5.41, 5.74) is 3.70. The highest BCUT2D eigenvalue weighted by Crippen LogP contribution is 2.36. The smallest absolute Gasteiger partial charge is 0.365 e. The number of nitriles is 1. The average molecular weight is 342 g/mol. The quantitative estimate of drug-likeness (QED) is 0.516. The van der Waals surface area contributed by atoms with Crippen molar-refractivity contribution in [1.82, 2.24) is 0 Å². The minimum absolute atomic E-state index is 0.0785. The Kier molecular flexibility index (Phi) is 5.40. The maximum atomic E-state index is 13.6. The van der Waals surface area contributed by atoms with Crippen molar-refractivity contribution in [1.29, 1.82) is 5.26 Å². The van der Waals surface area contributed by atoms with E-state index in [0.717, 1.165) is 6.08 Å². The van der Waals surface area contributed by atoms with Crippen LogP contribution in [0, 0.1) is 11.3 Å². The molecule has 0 aromatic heterocycles. The van der Waals surface area contributed by atoms with Crippen LogP contribution < -0.4 is 5.73 Å². The lowest BCUT2D eigenvalue weighted by Gasteiger charge is -2.14. The van der Waals surface area contributed by atoms with Crippen molar-refractivity contribution < 1.29 is 18.0 Å². The third-order valence-corrected chi connectivity index (χ3v) is 3.39. The molecule has 0 bridgehead atoms. The predicted octanol–water partition coefficient (Wildman–Crippen LogP) is 4.09. The number of amides is 1. The topological polar surface area (TPSA) is 66.9 Å². The number of nitrogens with zero attached hydrogens (tertiary/aromatic N) is 1. The second-order valence-corrected chi connectivity index (χ2v) is 5.05. The Hall–Kier alpha value is -3.33. The minimum Gasteiger partial charge on any atom is -0.365 e. The molecule has 0 atom stereocenters. The number of hydrogen-bond donors (Lipinski definition) is 1. The Bertz CT molecular complexity index is 861. The standard InChI is InChI=1S/C19H13F3N2O/c20-19(21,22)17(14-9-5-2-6-10-14)11-15(16(12-23)18(24)25)13-7-3-1-4-8-13/h1-11H,(H2,24,25)/b16-15+,17-11+. The molecule has 2 N–H and O–H groups in total. The van der Waals surface area contributed by atoms with Crippen molar-refractivity contribution in [2.75, 3.05) is 0 Å². The van der Waals surface area contributed by atoms with Gasteiger partial charge in [-0.2, -0.15) is 18.4 Å². The zero-order chi connectivity index (χ0) is 18.4. The number of carbonyl (C=O) groups is 1. The molecule has 6 heteroatoms. The molecule has 0 spiro atoms. The summed E-state index contributed by atoms with van der Waals surface area (Å²) in [6.07, 6.45) is -3.90. The molecular weight excluding hydrogens is 329 g/mol. The van der Waals surface area contributed by atoms with Crippen LogP contribution in [-0.2, 0) is 4.79 Å². The van der Waals surface area contributed by atoms with E-state index in [1.807, 2.05) is 0 Å². The minimum atomic E-state index is -4.68. The van der Waals surface area contributed by atoms with Gasteiger partial charge in [0, 0.05) is 5.57 Å². The zero-order valence-electron chi connectivity index (χ0n) is 12.9. The molecule has 1 amide bonds. The van der Waals surface area contributed by atoms with Crippen LogP contribution in [0.3, 0.4) is 0 Å². The molecule has 2 aromatic rings. The van der Waals surface area contributed by atoms with Crippen molar-refractivity contribution in [2.24, 2.45) is 5.73 Å². The third kappa shape index (κ3) is 4.36. The maximum absolute atomic E-state index is 13.6. The maximum Gasteiger partial charge on any atom is 0.417 e. The summed E-state index contributed by atoms with van der Waals surface area (Å²) in [6.45, 7) is 0. The van der Waals surface area contributed by atoms with E-state index < -0.39 is 23.2 Å². The molecule has 0 aliphatic rings. The van der Waals surface area contributed by atoms with E-state index in [1.54, 1.807) is 30.3 Å². The van der Waals surface area contributed by atoms with Gasteiger partial charge in [-0.25, -0.2) is 0 Å². The van der Waals surface area contributed by atoms with Gasteiger partial charge in [0.25, 0.3) is 5.91 Å². The number of hydrogen-bond acceptors (Lipinski definition) is 2. The van der Waals surface area contributed by atoms with E-state index in [9.17, 15) is 23.2 Å². The monoisotopic (exact) mass is 342 g/mol. The number of halogens is 3. The first-order chi connectivity index (χ1) is 11.8. The summed E-state index contributed by atoms with van der Waals surface area (Å²) in [7, 11) is 0. The Morgan fingerprint density at radius 3 is 1.84 bits per heavy atom. The molecular formula is C19H13F3N2O. The normalized spacial score (nSPS) is 13.0. The van der Waals surface area contributed by atoms with Crippen molar-refractivity contribution >= 4 is 17.1 Å². The highest BCUT2D eigenvalue weighted by molar-refractivity contribution is 6.07. The van der Waals surface area contributed by atoms with Crippen LogP contribution in [0.4, 0.5) is 13.2 Å². The first-order valence-electron chi connectivity index (χ1n) is 7.18. The lowest BCUT2D eigenvalue weighted by Crippen LogP contribution is -2.15. The molecule has 0 radical (unpaired) electrons. The Labute approximate surface area is 142 Å². The van der Waals surface area contributed by atoms with Crippen LogP contribution in [0.15, 0.2) is 72.3 Å². The molecule has 2 aromatic carbocycles. The first-order valence-corrected chi connectivity index (χ1v) is 7.18. The SMILES string of the molecule is N#C/C(C(N)=O)=C(/C=C(\c1ccccc1)C(F)(F)F)c1ccccc1. The molecule has 0 heterocycles. The fourth-order valence-electron chi connectivity index (χ4n) is 2.26. The van der Waals surface area contributed by atoms with Crippen LogP contribution in [0.2, 0.25) is 0 Å². The number of benzene rings is 2. The van der Waals surface area contributed by atoms with Gasteiger partial charge >= 0.3 is 6.18 Å². The molecule has 0 aliphatic heterocycles. The van der Waals surface area contributed by atoms with E-state index in [-0.39, 0.29) is 16.7 Å². The van der Waals surface area contributed by atoms with Crippen molar-refractivity contribution in [3.05, 3.63) is 83.4 Å². The van der Waals surface area contributed by atoms with Gasteiger partial charge in [-0.1, -0.05) is 60.7 Å². The number of primary amides is 1. The van der Waals surface area contributed by atoms with Crippen LogP contribution in [-0.4, -0.2) is 12.1 Å². The van der Waals surface area contributed by atoms with Crippen LogP contribution in [0.1, 0.15) is 11.1 Å². The van der Waals surface area contributed by atoms with Gasteiger partial charge in [0.1, 0.15) is 11.6 Å². The summed E-state index contributed by atoms with van der Waals surface area (Å²) in [4.78, 5) is 11.5. The number of alkyl halides is 3. The Morgan fingerprint density at radius 1 is 0.960 bits per heavy atom. The molecule has 3 nitrogen and oxygen atoms in total. The highest BCUT2D eigenvalue weighted by Gasteiger charge is 2.35. The molecule has 126 valence electrons. The number of rotatable bonds is 4. The van der Waals surface area contributed by atoms with Gasteiger partial charge in [0.05, 0.1) is 5.57 Å². The van der Waals surface area contributed by atoms with E-state index in [2.05, 4.69) is 0 Å². The van der Waals surface area contributed by atoms with E-state index >= 15 is 0 Å². The van der Waals surface area contributed by atoms with Gasteiger partial charge in [-0.15, -0.1) is 0 Å². The highest BCUT2D eigenvalue weighted by atomic mass is 19.4. The molecule has 0 unspecified atom stereocenters. The Balaban J connectivity index is 2.79. The van der Waals surface area contributed by atoms with Gasteiger partial charge < -0.3 is 5.73 Å².